The maximum absolute atomic E-state index is 11.8. The van der Waals surface area contributed by atoms with Crippen LogP contribution in [0.5, 0.6) is 0 Å². The van der Waals surface area contributed by atoms with Crippen LogP contribution in [0, 0.1) is 0 Å². The summed E-state index contributed by atoms with van der Waals surface area (Å²) in [5.41, 5.74) is 7.14. The number of thiocarbonyl (C=S) groups is 1. The van der Waals surface area contributed by atoms with Crippen molar-refractivity contribution in [2.75, 3.05) is 11.9 Å². The molecule has 0 spiro atoms. The Kier molecular flexibility index (Phi) is 3.28. The summed E-state index contributed by atoms with van der Waals surface area (Å²) < 4.78 is 0. The number of nitrogens with two attached hydrogens (primary N) is 1. The Morgan fingerprint density at radius 2 is 2.00 bits per heavy atom. The van der Waals surface area contributed by atoms with Crippen molar-refractivity contribution in [3.63, 3.8) is 0 Å². The van der Waals surface area contributed by atoms with E-state index in [1.165, 1.54) is 0 Å². The maximum atomic E-state index is 11.8. The van der Waals surface area contributed by atoms with E-state index in [0.29, 0.717) is 11.0 Å². The maximum Gasteiger partial charge on any atom is 0.321 e. The highest BCUT2D eigenvalue weighted by Crippen LogP contribution is 2.20. The van der Waals surface area contributed by atoms with Crippen LogP contribution in [0.25, 0.3) is 0 Å². The third-order valence-corrected chi connectivity index (χ3v) is 2.98. The Bertz CT molecular complexity index is 440. The lowest BCUT2D eigenvalue weighted by Gasteiger charge is -2.18. The van der Waals surface area contributed by atoms with Gasteiger partial charge in [-0.3, -0.25) is 4.90 Å². The Labute approximate surface area is 106 Å². The molecule has 0 unspecified atom stereocenters. The minimum atomic E-state index is -0.0735. The molecule has 0 bridgehead atoms. The number of benzene rings is 1. The number of carbonyl (C=O) groups is 1. The second-order valence-electron chi connectivity index (χ2n) is 4.19. The number of nitrogens with one attached hydrogen (secondary N) is 1. The minimum Gasteiger partial charge on any atom is -0.389 e. The average Bonchev–Trinajstić information content (AvgIpc) is 3.12. The lowest BCUT2D eigenvalue weighted by molar-refractivity contribution is 0.247. The Morgan fingerprint density at radius 3 is 2.47 bits per heavy atom. The van der Waals surface area contributed by atoms with Crippen molar-refractivity contribution in [2.24, 2.45) is 5.73 Å². The summed E-state index contributed by atoms with van der Waals surface area (Å²) in [6.45, 7) is 0. The molecule has 0 radical (unpaired) electrons. The fourth-order valence-electron chi connectivity index (χ4n) is 1.47. The molecule has 1 aromatic rings. The number of amides is 2. The van der Waals surface area contributed by atoms with Gasteiger partial charge in [-0.15, -0.1) is 0 Å². The third-order valence-electron chi connectivity index (χ3n) is 2.75. The monoisotopic (exact) mass is 249 g/mol. The van der Waals surface area contributed by atoms with Gasteiger partial charge in [0.05, 0.1) is 0 Å². The number of urea groups is 1. The van der Waals surface area contributed by atoms with Crippen LogP contribution in [0.4, 0.5) is 10.5 Å². The average molecular weight is 249 g/mol. The van der Waals surface area contributed by atoms with Gasteiger partial charge in [0.1, 0.15) is 4.99 Å². The van der Waals surface area contributed by atoms with Crippen molar-refractivity contribution < 1.29 is 4.79 Å². The van der Waals surface area contributed by atoms with E-state index in [9.17, 15) is 4.79 Å². The summed E-state index contributed by atoms with van der Waals surface area (Å²) >= 11 is 4.87. The molecule has 90 valence electrons. The van der Waals surface area contributed by atoms with E-state index >= 15 is 0 Å². The first-order valence-electron chi connectivity index (χ1n) is 5.52. The quantitative estimate of drug-likeness (QED) is 0.800. The molecule has 1 saturated carbocycles. The van der Waals surface area contributed by atoms with Gasteiger partial charge in [0.15, 0.2) is 0 Å². The van der Waals surface area contributed by atoms with Crippen LogP contribution in [0.2, 0.25) is 0 Å². The van der Waals surface area contributed by atoms with E-state index in [1.807, 2.05) is 24.3 Å². The Balaban J connectivity index is 2.04. The lowest BCUT2D eigenvalue weighted by atomic mass is 10.2. The first-order valence-corrected chi connectivity index (χ1v) is 5.93. The molecule has 2 rings (SSSR count). The fourth-order valence-corrected chi connectivity index (χ4v) is 1.60. The Morgan fingerprint density at radius 1 is 1.41 bits per heavy atom. The smallest absolute Gasteiger partial charge is 0.321 e. The second-order valence-corrected chi connectivity index (χ2v) is 4.63. The van der Waals surface area contributed by atoms with Crippen LogP contribution in [0.15, 0.2) is 24.3 Å². The highest BCUT2D eigenvalue weighted by atomic mass is 32.1. The predicted octanol–water partition coefficient (Wildman–Crippen LogP) is 1.63. The molecule has 5 heteroatoms. The van der Waals surface area contributed by atoms with Gasteiger partial charge in [0.25, 0.3) is 0 Å². The molecule has 1 aliphatic rings. The van der Waals surface area contributed by atoms with Crippen LogP contribution >= 0.6 is 12.2 Å². The predicted molar refractivity (Wildman–Crippen MR) is 72.3 cm³/mol. The largest absolute Gasteiger partial charge is 0.389 e. The summed E-state index contributed by atoms with van der Waals surface area (Å²) in [5.74, 6) is 0. The fraction of sp³-hybridized carbons (Fsp3) is 0.333. The molecular weight excluding hydrogens is 234 g/mol. The van der Waals surface area contributed by atoms with Crippen molar-refractivity contribution in [3.8, 4) is 0 Å². The summed E-state index contributed by atoms with van der Waals surface area (Å²) in [6.07, 6.45) is 2.17. The molecule has 3 N–H and O–H groups in total. The number of anilines is 1. The van der Waals surface area contributed by atoms with E-state index in [-0.39, 0.29) is 6.03 Å². The van der Waals surface area contributed by atoms with Gasteiger partial charge in [-0.05, 0) is 37.1 Å². The first kappa shape index (κ1) is 11.9. The number of carbonyl (C=O) groups excluding carboxylic acids is 1. The van der Waals surface area contributed by atoms with E-state index in [4.69, 9.17) is 18.0 Å². The number of nitrogens with zero attached hydrogens (tertiary/aromatic N) is 1. The second kappa shape index (κ2) is 4.71. The van der Waals surface area contributed by atoms with Gasteiger partial charge in [-0.2, -0.15) is 0 Å². The van der Waals surface area contributed by atoms with Crippen LogP contribution < -0.4 is 16.0 Å². The van der Waals surface area contributed by atoms with Gasteiger partial charge < -0.3 is 11.1 Å². The number of rotatable bonds is 3. The molecule has 1 aliphatic carbocycles. The van der Waals surface area contributed by atoms with Gasteiger partial charge in [-0.1, -0.05) is 12.2 Å². The normalized spacial score (nSPS) is 14.2. The highest BCUT2D eigenvalue weighted by Gasteiger charge is 2.25. The van der Waals surface area contributed by atoms with E-state index in [1.54, 1.807) is 11.9 Å². The van der Waals surface area contributed by atoms with Crippen LogP contribution in [-0.4, -0.2) is 24.1 Å². The standard InChI is InChI=1S/C12H15N3OS/c1-15(12(16)14-9-4-5-9)10-6-2-8(3-7-10)11(13)17/h2-3,6-7,9H,4-5H2,1H3,(H2,13,17)(H,14,16). The topological polar surface area (TPSA) is 58.4 Å². The van der Waals surface area contributed by atoms with Gasteiger partial charge in [-0.25, -0.2) is 4.79 Å². The van der Waals surface area contributed by atoms with Crippen molar-refractivity contribution in [2.45, 2.75) is 18.9 Å². The molecule has 0 atom stereocenters. The zero-order valence-corrected chi connectivity index (χ0v) is 10.5. The van der Waals surface area contributed by atoms with Gasteiger partial charge in [0, 0.05) is 24.3 Å². The Hall–Kier alpha value is -1.62. The zero-order valence-electron chi connectivity index (χ0n) is 9.64. The summed E-state index contributed by atoms with van der Waals surface area (Å²) in [5, 5.41) is 2.93. The number of hydrogen-bond donors (Lipinski definition) is 2. The van der Waals surface area contributed by atoms with E-state index in [2.05, 4.69) is 5.32 Å². The SMILES string of the molecule is CN(C(=O)NC1CC1)c1ccc(C(N)=S)cc1. The summed E-state index contributed by atoms with van der Waals surface area (Å²) in [4.78, 5) is 13.7. The molecule has 0 aliphatic heterocycles. The summed E-state index contributed by atoms with van der Waals surface area (Å²) in [7, 11) is 1.74. The van der Waals surface area contributed by atoms with Crippen molar-refractivity contribution >= 4 is 28.9 Å². The van der Waals surface area contributed by atoms with Gasteiger partial charge in [0.2, 0.25) is 0 Å². The van der Waals surface area contributed by atoms with Crippen molar-refractivity contribution in [1.29, 1.82) is 0 Å². The molecule has 4 nitrogen and oxygen atoms in total. The van der Waals surface area contributed by atoms with E-state index < -0.39 is 0 Å². The molecular formula is C12H15N3OS. The summed E-state index contributed by atoms with van der Waals surface area (Å²) in [6, 6.07) is 7.59. The first-order chi connectivity index (χ1) is 8.08. The van der Waals surface area contributed by atoms with Gasteiger partial charge >= 0.3 is 6.03 Å². The van der Waals surface area contributed by atoms with Crippen molar-refractivity contribution in [3.05, 3.63) is 29.8 Å². The zero-order chi connectivity index (χ0) is 12.4. The molecule has 1 fully saturated rings. The number of hydrogen-bond acceptors (Lipinski definition) is 2. The third kappa shape index (κ3) is 2.94. The van der Waals surface area contributed by atoms with Crippen LogP contribution in [0.3, 0.4) is 0 Å². The van der Waals surface area contributed by atoms with Crippen LogP contribution in [0.1, 0.15) is 18.4 Å². The molecule has 0 saturated heterocycles. The lowest BCUT2D eigenvalue weighted by Crippen LogP contribution is -2.38. The molecule has 17 heavy (non-hydrogen) atoms. The molecule has 1 aromatic carbocycles. The minimum absolute atomic E-state index is 0.0735. The molecule has 2 amide bonds. The highest BCUT2D eigenvalue weighted by molar-refractivity contribution is 7.80. The molecule has 0 heterocycles. The van der Waals surface area contributed by atoms with Crippen molar-refractivity contribution in [1.82, 2.24) is 5.32 Å². The van der Waals surface area contributed by atoms with E-state index in [0.717, 1.165) is 24.1 Å². The molecule has 0 aromatic heterocycles. The van der Waals surface area contributed by atoms with Crippen LogP contribution in [-0.2, 0) is 0 Å².